The highest BCUT2D eigenvalue weighted by Crippen LogP contribution is 2.23. The van der Waals surface area contributed by atoms with E-state index in [9.17, 15) is 4.79 Å². The third kappa shape index (κ3) is 3.41. The molecule has 2 aromatic heterocycles. The van der Waals surface area contributed by atoms with Gasteiger partial charge in [-0.05, 0) is 45.4 Å². The molecule has 5 heteroatoms. The van der Waals surface area contributed by atoms with Gasteiger partial charge in [-0.15, -0.1) is 11.3 Å². The second-order valence-corrected chi connectivity index (χ2v) is 7.34. The quantitative estimate of drug-likeness (QED) is 0.762. The molecule has 0 unspecified atom stereocenters. The summed E-state index contributed by atoms with van der Waals surface area (Å²) in [7, 11) is 0. The van der Waals surface area contributed by atoms with E-state index in [1.165, 1.54) is 22.5 Å². The van der Waals surface area contributed by atoms with Gasteiger partial charge in [0, 0.05) is 4.88 Å². The fourth-order valence-corrected chi connectivity index (χ4v) is 3.39. The van der Waals surface area contributed by atoms with Crippen LogP contribution in [0.4, 0.5) is 5.69 Å². The number of hydrogen-bond donors (Lipinski definition) is 1. The Balaban J connectivity index is 1.81. The molecule has 1 aromatic carbocycles. The van der Waals surface area contributed by atoms with Crippen molar-refractivity contribution in [2.75, 3.05) is 5.32 Å². The molecule has 2 heterocycles. The number of carbonyl (C=O) groups excluding carboxylic acids is 1. The molecule has 3 rings (SSSR count). The molecular formula is C19H21N3OS. The smallest absolute Gasteiger partial charge is 0.265 e. The van der Waals surface area contributed by atoms with Crippen LogP contribution in [0.1, 0.15) is 37.1 Å². The maximum Gasteiger partial charge on any atom is 0.265 e. The lowest BCUT2D eigenvalue weighted by molar-refractivity contribution is 0.103. The lowest BCUT2D eigenvalue weighted by Gasteiger charge is -2.07. The number of thiophene rings is 1. The third-order valence-electron chi connectivity index (χ3n) is 4.04. The zero-order valence-electron chi connectivity index (χ0n) is 14.4. The minimum absolute atomic E-state index is 0.0748. The Morgan fingerprint density at radius 2 is 1.79 bits per heavy atom. The summed E-state index contributed by atoms with van der Waals surface area (Å²) in [6, 6.07) is 12.2. The van der Waals surface area contributed by atoms with E-state index in [1.54, 1.807) is 0 Å². The van der Waals surface area contributed by atoms with Gasteiger partial charge in [-0.1, -0.05) is 29.8 Å². The summed E-state index contributed by atoms with van der Waals surface area (Å²) in [6.45, 7) is 8.68. The van der Waals surface area contributed by atoms with Gasteiger partial charge in [0.15, 0.2) is 0 Å². The highest BCUT2D eigenvalue weighted by atomic mass is 32.1. The van der Waals surface area contributed by atoms with Gasteiger partial charge < -0.3 is 5.32 Å². The number of aryl methyl sites for hydroxylation is 3. The van der Waals surface area contributed by atoms with Gasteiger partial charge in [0.05, 0.1) is 28.5 Å². The number of nitrogens with one attached hydrogen (secondary N) is 1. The Morgan fingerprint density at radius 1 is 1.08 bits per heavy atom. The average molecular weight is 339 g/mol. The zero-order chi connectivity index (χ0) is 17.3. The van der Waals surface area contributed by atoms with Crippen molar-refractivity contribution in [3.8, 4) is 0 Å². The molecule has 0 aliphatic heterocycles. The number of aromatic nitrogens is 2. The van der Waals surface area contributed by atoms with Crippen LogP contribution in [0.15, 0.2) is 36.4 Å². The van der Waals surface area contributed by atoms with Crippen molar-refractivity contribution in [2.24, 2.45) is 0 Å². The first-order valence-corrected chi connectivity index (χ1v) is 8.73. The Morgan fingerprint density at radius 3 is 2.42 bits per heavy atom. The van der Waals surface area contributed by atoms with Crippen molar-refractivity contribution in [3.63, 3.8) is 0 Å². The monoisotopic (exact) mass is 339 g/mol. The van der Waals surface area contributed by atoms with E-state index < -0.39 is 0 Å². The largest absolute Gasteiger partial charge is 0.318 e. The molecule has 124 valence electrons. The Labute approximate surface area is 146 Å². The number of carbonyl (C=O) groups is 1. The van der Waals surface area contributed by atoms with Crippen LogP contribution >= 0.6 is 11.3 Å². The molecule has 0 spiro atoms. The van der Waals surface area contributed by atoms with Crippen LogP contribution in [0.25, 0.3) is 0 Å². The van der Waals surface area contributed by atoms with Crippen molar-refractivity contribution >= 4 is 22.9 Å². The molecule has 4 nitrogen and oxygen atoms in total. The summed E-state index contributed by atoms with van der Waals surface area (Å²) in [6.07, 6.45) is 0. The van der Waals surface area contributed by atoms with Crippen molar-refractivity contribution in [2.45, 2.75) is 34.2 Å². The molecule has 0 saturated heterocycles. The van der Waals surface area contributed by atoms with Crippen LogP contribution in [0.2, 0.25) is 0 Å². The van der Waals surface area contributed by atoms with Crippen LogP contribution in [0.5, 0.6) is 0 Å². The maximum absolute atomic E-state index is 12.4. The molecule has 0 fully saturated rings. The summed E-state index contributed by atoms with van der Waals surface area (Å²) >= 11 is 1.50. The van der Waals surface area contributed by atoms with Gasteiger partial charge in [-0.25, -0.2) is 0 Å². The van der Waals surface area contributed by atoms with Crippen molar-refractivity contribution < 1.29 is 4.79 Å². The van der Waals surface area contributed by atoms with Crippen molar-refractivity contribution in [1.82, 2.24) is 9.78 Å². The molecule has 1 N–H and O–H groups in total. The van der Waals surface area contributed by atoms with Gasteiger partial charge in [0.1, 0.15) is 0 Å². The molecule has 0 bridgehead atoms. The number of benzene rings is 1. The second-order valence-electron chi connectivity index (χ2n) is 6.05. The van der Waals surface area contributed by atoms with E-state index in [4.69, 9.17) is 0 Å². The zero-order valence-corrected chi connectivity index (χ0v) is 15.2. The van der Waals surface area contributed by atoms with E-state index in [-0.39, 0.29) is 5.91 Å². The van der Waals surface area contributed by atoms with E-state index >= 15 is 0 Å². The Kier molecular flexibility index (Phi) is 4.53. The molecule has 1 amide bonds. The van der Waals surface area contributed by atoms with Crippen molar-refractivity contribution in [1.29, 1.82) is 0 Å². The fraction of sp³-hybridized carbons (Fsp3) is 0.263. The summed E-state index contributed by atoms with van der Waals surface area (Å²) in [4.78, 5) is 14.2. The summed E-state index contributed by atoms with van der Waals surface area (Å²) in [5, 5.41) is 7.60. The SMILES string of the molecule is Cc1ccc(Cn2nc(C)c(NC(=O)c3ccc(C)s3)c2C)cc1. The van der Waals surface area contributed by atoms with Crippen LogP contribution in [-0.2, 0) is 6.54 Å². The minimum Gasteiger partial charge on any atom is -0.318 e. The van der Waals surface area contributed by atoms with E-state index in [2.05, 4.69) is 41.6 Å². The number of rotatable bonds is 4. The van der Waals surface area contributed by atoms with Gasteiger partial charge in [0.25, 0.3) is 5.91 Å². The van der Waals surface area contributed by atoms with Crippen LogP contribution in [0, 0.1) is 27.7 Å². The fourth-order valence-electron chi connectivity index (χ4n) is 2.63. The lowest BCUT2D eigenvalue weighted by atomic mass is 10.1. The van der Waals surface area contributed by atoms with Gasteiger partial charge in [-0.2, -0.15) is 5.10 Å². The Bertz CT molecular complexity index is 875. The topological polar surface area (TPSA) is 46.9 Å². The van der Waals surface area contributed by atoms with Crippen molar-refractivity contribution in [3.05, 3.63) is 68.7 Å². The predicted molar refractivity (Wildman–Crippen MR) is 99.0 cm³/mol. The Hall–Kier alpha value is -2.40. The van der Waals surface area contributed by atoms with E-state index in [1.807, 2.05) is 37.6 Å². The molecule has 0 saturated carbocycles. The first-order valence-electron chi connectivity index (χ1n) is 7.91. The minimum atomic E-state index is -0.0748. The highest BCUT2D eigenvalue weighted by Gasteiger charge is 2.16. The number of nitrogens with zero attached hydrogens (tertiary/aromatic N) is 2. The predicted octanol–water partition coefficient (Wildman–Crippen LogP) is 4.48. The van der Waals surface area contributed by atoms with Crippen LogP contribution < -0.4 is 5.32 Å². The van der Waals surface area contributed by atoms with E-state index in [0.717, 1.165) is 26.8 Å². The standard InChI is InChI=1S/C19H21N3OS/c1-12-5-8-16(9-6-12)11-22-15(4)18(14(3)21-22)20-19(23)17-10-7-13(2)24-17/h5-10H,11H2,1-4H3,(H,20,23). The highest BCUT2D eigenvalue weighted by molar-refractivity contribution is 7.14. The van der Waals surface area contributed by atoms with Gasteiger partial charge in [0.2, 0.25) is 0 Å². The number of amides is 1. The first kappa shape index (κ1) is 16.5. The summed E-state index contributed by atoms with van der Waals surface area (Å²) in [5.41, 5.74) is 5.04. The molecule has 0 aliphatic rings. The molecule has 0 radical (unpaired) electrons. The normalized spacial score (nSPS) is 10.8. The molecule has 0 atom stereocenters. The molecule has 0 aliphatic carbocycles. The van der Waals surface area contributed by atoms with Crippen LogP contribution in [0.3, 0.4) is 0 Å². The first-order chi connectivity index (χ1) is 11.4. The maximum atomic E-state index is 12.4. The van der Waals surface area contributed by atoms with Crippen LogP contribution in [-0.4, -0.2) is 15.7 Å². The summed E-state index contributed by atoms with van der Waals surface area (Å²) < 4.78 is 1.94. The number of anilines is 1. The lowest BCUT2D eigenvalue weighted by Crippen LogP contribution is -2.12. The molecule has 3 aromatic rings. The molecular weight excluding hydrogens is 318 g/mol. The summed E-state index contributed by atoms with van der Waals surface area (Å²) in [5.74, 6) is -0.0748. The number of hydrogen-bond acceptors (Lipinski definition) is 3. The van der Waals surface area contributed by atoms with Gasteiger partial charge >= 0.3 is 0 Å². The molecule has 24 heavy (non-hydrogen) atoms. The van der Waals surface area contributed by atoms with E-state index in [0.29, 0.717) is 6.54 Å². The average Bonchev–Trinajstić information content (AvgIpc) is 3.09. The third-order valence-corrected chi connectivity index (χ3v) is 5.04. The van der Waals surface area contributed by atoms with Gasteiger partial charge in [-0.3, -0.25) is 9.48 Å². The second kappa shape index (κ2) is 6.61.